The van der Waals surface area contributed by atoms with Gasteiger partial charge in [-0.05, 0) is 68.5 Å². The zero-order chi connectivity index (χ0) is 25.2. The minimum atomic E-state index is -4.67. The van der Waals surface area contributed by atoms with E-state index in [9.17, 15) is 26.7 Å². The molecule has 0 radical (unpaired) electrons. The molecule has 1 saturated heterocycles. The molecule has 4 rings (SSSR count). The lowest BCUT2D eigenvalue weighted by Gasteiger charge is -2.30. The van der Waals surface area contributed by atoms with Gasteiger partial charge in [0, 0.05) is 23.8 Å². The Morgan fingerprint density at radius 3 is 2.43 bits per heavy atom. The topological polar surface area (TPSA) is 53.2 Å². The van der Waals surface area contributed by atoms with Gasteiger partial charge in [-0.1, -0.05) is 24.8 Å². The number of nitrogens with one attached hydrogen (secondary N) is 3. The van der Waals surface area contributed by atoms with Crippen LogP contribution in [0, 0.1) is 11.6 Å². The second-order valence-electron chi connectivity index (χ2n) is 9.34. The van der Waals surface area contributed by atoms with Crippen molar-refractivity contribution < 1.29 is 26.7 Å². The number of carbonyl (C=O) groups excluding carboxylic acids is 1. The van der Waals surface area contributed by atoms with Crippen molar-refractivity contribution in [2.24, 2.45) is 0 Å². The zero-order valence-electron chi connectivity index (χ0n) is 19.2. The number of hydrogen-bond acceptors (Lipinski definition) is 3. The predicted molar refractivity (Wildman–Crippen MR) is 123 cm³/mol. The molecule has 0 aromatic heterocycles. The maximum atomic E-state index is 14.7. The minimum absolute atomic E-state index is 0.0430. The number of piperidine rings is 1. The molecule has 2 aromatic carbocycles. The third kappa shape index (κ3) is 5.83. The summed E-state index contributed by atoms with van der Waals surface area (Å²) in [5, 5.41) is 9.60. The Balaban J connectivity index is 1.54. The van der Waals surface area contributed by atoms with Crippen LogP contribution in [0.15, 0.2) is 54.7 Å². The van der Waals surface area contributed by atoms with Crippen LogP contribution in [0.25, 0.3) is 0 Å². The molecule has 9 heteroatoms. The summed E-state index contributed by atoms with van der Waals surface area (Å²) in [7, 11) is 0. The average Bonchev–Trinajstić information content (AvgIpc) is 3.62. The summed E-state index contributed by atoms with van der Waals surface area (Å²) in [5.74, 6) is -1.89. The number of amides is 1. The molecular weight excluding hydrogens is 465 g/mol. The second-order valence-corrected chi connectivity index (χ2v) is 9.34. The van der Waals surface area contributed by atoms with Crippen LogP contribution in [-0.4, -0.2) is 31.1 Å². The summed E-state index contributed by atoms with van der Waals surface area (Å²) >= 11 is 0. The standard InChI is InChI=1S/C26H28F5N3O/c1-16(33-20-3-2-12-32-15-20)23(13-17-4-7-19(27)8-5-17)34-24(35)25(10-11-25)21-9-6-18(14-22(21)28)26(29,30)31/h4-9,14,20,23,32-33H,1-3,10-13,15H2,(H,34,35)/t20-,23+/m1/s1. The molecule has 1 amide bonds. The molecule has 0 bridgehead atoms. The lowest BCUT2D eigenvalue weighted by molar-refractivity contribution is -0.137. The molecule has 0 unspecified atom stereocenters. The first-order valence-corrected chi connectivity index (χ1v) is 11.7. The average molecular weight is 494 g/mol. The molecular formula is C26H28F5N3O. The van der Waals surface area contributed by atoms with Crippen LogP contribution < -0.4 is 16.0 Å². The minimum Gasteiger partial charge on any atom is -0.383 e. The lowest BCUT2D eigenvalue weighted by Crippen LogP contribution is -2.50. The van der Waals surface area contributed by atoms with E-state index in [4.69, 9.17) is 0 Å². The molecule has 1 saturated carbocycles. The molecule has 2 fully saturated rings. The number of carbonyl (C=O) groups is 1. The second kappa shape index (κ2) is 9.97. The van der Waals surface area contributed by atoms with Gasteiger partial charge in [-0.2, -0.15) is 13.2 Å². The van der Waals surface area contributed by atoms with Crippen molar-refractivity contribution in [1.29, 1.82) is 0 Å². The van der Waals surface area contributed by atoms with Gasteiger partial charge >= 0.3 is 6.18 Å². The van der Waals surface area contributed by atoms with E-state index in [1.165, 1.54) is 12.1 Å². The van der Waals surface area contributed by atoms with Gasteiger partial charge in [0.2, 0.25) is 5.91 Å². The van der Waals surface area contributed by atoms with E-state index in [0.717, 1.165) is 43.6 Å². The van der Waals surface area contributed by atoms with Crippen molar-refractivity contribution in [1.82, 2.24) is 16.0 Å². The fraction of sp³-hybridized carbons (Fsp3) is 0.423. The van der Waals surface area contributed by atoms with Crippen LogP contribution in [0.4, 0.5) is 22.0 Å². The Labute approximate surface area is 201 Å². The quantitative estimate of drug-likeness (QED) is 0.472. The zero-order valence-corrected chi connectivity index (χ0v) is 19.2. The highest BCUT2D eigenvalue weighted by Crippen LogP contribution is 2.50. The monoisotopic (exact) mass is 493 g/mol. The molecule has 1 heterocycles. The summed E-state index contributed by atoms with van der Waals surface area (Å²) < 4.78 is 67.0. The van der Waals surface area contributed by atoms with Gasteiger partial charge < -0.3 is 16.0 Å². The number of hydrogen-bond donors (Lipinski definition) is 3. The van der Waals surface area contributed by atoms with E-state index in [-0.39, 0.29) is 17.4 Å². The molecule has 0 spiro atoms. The van der Waals surface area contributed by atoms with E-state index in [2.05, 4.69) is 22.5 Å². The Bertz CT molecular complexity index is 1070. The van der Waals surface area contributed by atoms with Gasteiger partial charge in [-0.15, -0.1) is 0 Å². The lowest BCUT2D eigenvalue weighted by atomic mass is 9.92. The molecule has 1 aliphatic heterocycles. The summed E-state index contributed by atoms with van der Waals surface area (Å²) in [5.41, 5.74) is -1.02. The molecule has 35 heavy (non-hydrogen) atoms. The molecule has 188 valence electrons. The Kier molecular flexibility index (Phi) is 7.17. The maximum Gasteiger partial charge on any atom is 0.416 e. The van der Waals surface area contributed by atoms with E-state index in [0.29, 0.717) is 31.0 Å². The number of rotatable bonds is 8. The third-order valence-electron chi connectivity index (χ3n) is 6.76. The smallest absolute Gasteiger partial charge is 0.383 e. The molecule has 2 aliphatic rings. The maximum absolute atomic E-state index is 14.7. The SMILES string of the molecule is C=C(N[C@@H]1CCCNC1)[C@H](Cc1ccc(F)cc1)NC(=O)C1(c2ccc(C(F)(F)F)cc2F)CC1. The van der Waals surface area contributed by atoms with Crippen LogP contribution >= 0.6 is 0 Å². The van der Waals surface area contributed by atoms with Crippen molar-refractivity contribution >= 4 is 5.91 Å². The van der Waals surface area contributed by atoms with Gasteiger partial charge in [0.1, 0.15) is 11.6 Å². The fourth-order valence-electron chi connectivity index (χ4n) is 4.57. The van der Waals surface area contributed by atoms with Gasteiger partial charge in [0.05, 0.1) is 17.0 Å². The van der Waals surface area contributed by atoms with E-state index >= 15 is 0 Å². The van der Waals surface area contributed by atoms with Crippen LogP contribution in [0.3, 0.4) is 0 Å². The highest BCUT2D eigenvalue weighted by molar-refractivity contribution is 5.91. The highest BCUT2D eigenvalue weighted by Gasteiger charge is 2.53. The molecule has 4 nitrogen and oxygen atoms in total. The summed E-state index contributed by atoms with van der Waals surface area (Å²) in [4.78, 5) is 13.4. The van der Waals surface area contributed by atoms with Crippen LogP contribution in [0.5, 0.6) is 0 Å². The fourth-order valence-corrected chi connectivity index (χ4v) is 4.57. The van der Waals surface area contributed by atoms with Gasteiger partial charge in [-0.3, -0.25) is 4.79 Å². The number of alkyl halides is 3. The van der Waals surface area contributed by atoms with Crippen molar-refractivity contribution in [3.05, 3.63) is 83.1 Å². The predicted octanol–water partition coefficient (Wildman–Crippen LogP) is 4.60. The van der Waals surface area contributed by atoms with E-state index in [1.54, 1.807) is 12.1 Å². The summed E-state index contributed by atoms with van der Waals surface area (Å²) in [6.07, 6.45) is -1.76. The normalized spacial score (nSPS) is 20.1. The van der Waals surface area contributed by atoms with Gasteiger partial charge in [0.25, 0.3) is 0 Å². The van der Waals surface area contributed by atoms with Crippen molar-refractivity contribution in [3.8, 4) is 0 Å². The summed E-state index contributed by atoms with van der Waals surface area (Å²) in [6.45, 7) is 5.80. The Hall–Kier alpha value is -2.94. The summed E-state index contributed by atoms with van der Waals surface area (Å²) in [6, 6.07) is 7.74. The van der Waals surface area contributed by atoms with Crippen molar-refractivity contribution in [2.45, 2.75) is 55.8 Å². The van der Waals surface area contributed by atoms with Crippen LogP contribution in [0.1, 0.15) is 42.4 Å². The number of benzene rings is 2. The Morgan fingerprint density at radius 1 is 1.14 bits per heavy atom. The molecule has 2 aromatic rings. The van der Waals surface area contributed by atoms with Crippen molar-refractivity contribution in [3.63, 3.8) is 0 Å². The highest BCUT2D eigenvalue weighted by atomic mass is 19.4. The first-order valence-electron chi connectivity index (χ1n) is 11.7. The molecule has 2 atom stereocenters. The molecule has 3 N–H and O–H groups in total. The van der Waals surface area contributed by atoms with Gasteiger partial charge in [0.15, 0.2) is 0 Å². The number of halogens is 5. The Morgan fingerprint density at radius 2 is 1.86 bits per heavy atom. The van der Waals surface area contributed by atoms with Crippen molar-refractivity contribution in [2.75, 3.05) is 13.1 Å². The third-order valence-corrected chi connectivity index (χ3v) is 6.76. The van der Waals surface area contributed by atoms with E-state index < -0.39 is 34.9 Å². The molecule has 1 aliphatic carbocycles. The first kappa shape index (κ1) is 25.2. The van der Waals surface area contributed by atoms with Crippen LogP contribution in [0.2, 0.25) is 0 Å². The van der Waals surface area contributed by atoms with Gasteiger partial charge in [-0.25, -0.2) is 8.78 Å². The largest absolute Gasteiger partial charge is 0.416 e. The van der Waals surface area contributed by atoms with Crippen LogP contribution in [-0.2, 0) is 22.8 Å². The first-order chi connectivity index (χ1) is 16.6. The van der Waals surface area contributed by atoms with E-state index in [1.807, 2.05) is 0 Å².